The van der Waals surface area contributed by atoms with Gasteiger partial charge in [0.2, 0.25) is 0 Å². The van der Waals surface area contributed by atoms with Gasteiger partial charge in [-0.2, -0.15) is 0 Å². The van der Waals surface area contributed by atoms with Crippen molar-refractivity contribution in [2.24, 2.45) is 5.92 Å². The molecule has 0 aromatic rings. The van der Waals surface area contributed by atoms with Crippen LogP contribution in [0.15, 0.2) is 23.3 Å². The van der Waals surface area contributed by atoms with Gasteiger partial charge in [-0.1, -0.05) is 38.0 Å². The summed E-state index contributed by atoms with van der Waals surface area (Å²) in [5, 5.41) is 0. The van der Waals surface area contributed by atoms with E-state index < -0.39 is 0 Å². The Morgan fingerprint density at radius 2 is 2.00 bits per heavy atom. The molecule has 1 heteroatoms. The molecule has 0 aliphatic heterocycles. The highest BCUT2D eigenvalue weighted by Crippen LogP contribution is 2.32. The summed E-state index contributed by atoms with van der Waals surface area (Å²) in [5.74, 6) is 1.01. The van der Waals surface area contributed by atoms with Gasteiger partial charge >= 0.3 is 0 Å². The second kappa shape index (κ2) is 8.29. The highest BCUT2D eigenvalue weighted by molar-refractivity contribution is 5.97. The molecule has 0 saturated carbocycles. The summed E-state index contributed by atoms with van der Waals surface area (Å²) in [4.78, 5) is 12.1. The molecule has 0 aromatic carbocycles. The topological polar surface area (TPSA) is 17.1 Å². The maximum atomic E-state index is 12.1. The van der Waals surface area contributed by atoms with E-state index in [0.29, 0.717) is 11.7 Å². The Hall–Kier alpha value is -0.850. The van der Waals surface area contributed by atoms with Crippen molar-refractivity contribution < 1.29 is 4.79 Å². The fourth-order valence-corrected chi connectivity index (χ4v) is 2.78. The fraction of sp³-hybridized carbons (Fsp3) is 0.706. The SMILES string of the molecule is CC/C=C\CCC1CC(=O)C(CCCC)=C(C)C1. The minimum Gasteiger partial charge on any atom is -0.295 e. The Morgan fingerprint density at radius 3 is 2.61 bits per heavy atom. The smallest absolute Gasteiger partial charge is 0.159 e. The van der Waals surface area contributed by atoms with E-state index in [0.717, 1.165) is 44.1 Å². The summed E-state index contributed by atoms with van der Waals surface area (Å²) in [5.41, 5.74) is 2.52. The van der Waals surface area contributed by atoms with Gasteiger partial charge in [0.15, 0.2) is 5.78 Å². The van der Waals surface area contributed by atoms with Crippen LogP contribution in [0.1, 0.15) is 72.1 Å². The maximum Gasteiger partial charge on any atom is 0.159 e. The predicted molar refractivity (Wildman–Crippen MR) is 78.6 cm³/mol. The zero-order valence-electron chi connectivity index (χ0n) is 12.3. The van der Waals surface area contributed by atoms with Crippen LogP contribution in [0, 0.1) is 5.92 Å². The molecule has 1 atom stereocenters. The number of rotatable bonds is 7. The highest BCUT2D eigenvalue weighted by atomic mass is 16.1. The van der Waals surface area contributed by atoms with E-state index in [4.69, 9.17) is 0 Å². The minimum atomic E-state index is 0.427. The van der Waals surface area contributed by atoms with E-state index in [9.17, 15) is 4.79 Å². The number of unbranched alkanes of at least 4 members (excludes halogenated alkanes) is 1. The predicted octanol–water partition coefficient (Wildman–Crippen LogP) is 5.22. The van der Waals surface area contributed by atoms with Crippen molar-refractivity contribution in [1.82, 2.24) is 0 Å². The van der Waals surface area contributed by atoms with Crippen molar-refractivity contribution in [1.29, 1.82) is 0 Å². The van der Waals surface area contributed by atoms with Crippen LogP contribution in [0.5, 0.6) is 0 Å². The molecule has 0 bridgehead atoms. The van der Waals surface area contributed by atoms with Gasteiger partial charge in [0, 0.05) is 6.42 Å². The van der Waals surface area contributed by atoms with Gasteiger partial charge in [-0.3, -0.25) is 4.79 Å². The number of Topliss-reactive ketones (excluding diaryl/α,β-unsaturated/α-hetero) is 1. The van der Waals surface area contributed by atoms with Crippen molar-refractivity contribution >= 4 is 5.78 Å². The molecule has 102 valence electrons. The normalized spacial score (nSPS) is 21.1. The molecule has 0 heterocycles. The first-order valence-electron chi connectivity index (χ1n) is 7.55. The largest absolute Gasteiger partial charge is 0.295 e. The van der Waals surface area contributed by atoms with E-state index in [1.54, 1.807) is 0 Å². The third-order valence-electron chi connectivity index (χ3n) is 3.84. The van der Waals surface area contributed by atoms with E-state index >= 15 is 0 Å². The van der Waals surface area contributed by atoms with Gasteiger partial charge in [-0.15, -0.1) is 0 Å². The van der Waals surface area contributed by atoms with Crippen molar-refractivity contribution in [3.05, 3.63) is 23.3 Å². The molecule has 0 spiro atoms. The number of carbonyl (C=O) groups excluding carboxylic acids is 1. The first-order chi connectivity index (χ1) is 8.69. The van der Waals surface area contributed by atoms with Crippen LogP contribution in [0.2, 0.25) is 0 Å². The molecule has 1 unspecified atom stereocenters. The summed E-state index contributed by atoms with van der Waals surface area (Å²) in [6.45, 7) is 6.51. The Labute approximate surface area is 112 Å². The summed E-state index contributed by atoms with van der Waals surface area (Å²) >= 11 is 0. The van der Waals surface area contributed by atoms with Gasteiger partial charge in [-0.05, 0) is 56.9 Å². The molecule has 1 aliphatic carbocycles. The molecule has 0 radical (unpaired) electrons. The molecular weight excluding hydrogens is 220 g/mol. The van der Waals surface area contributed by atoms with Crippen LogP contribution < -0.4 is 0 Å². The Kier molecular flexibility index (Phi) is 7.00. The molecule has 18 heavy (non-hydrogen) atoms. The lowest BCUT2D eigenvalue weighted by molar-refractivity contribution is -0.117. The summed E-state index contributed by atoms with van der Waals surface area (Å²) in [6, 6.07) is 0. The highest BCUT2D eigenvalue weighted by Gasteiger charge is 2.24. The molecule has 1 rings (SSSR count). The van der Waals surface area contributed by atoms with Crippen LogP contribution in [0.25, 0.3) is 0 Å². The van der Waals surface area contributed by atoms with Crippen LogP contribution in [0.4, 0.5) is 0 Å². The van der Waals surface area contributed by atoms with E-state index in [-0.39, 0.29) is 0 Å². The van der Waals surface area contributed by atoms with Gasteiger partial charge in [0.05, 0.1) is 0 Å². The molecule has 0 saturated heterocycles. The van der Waals surface area contributed by atoms with Gasteiger partial charge in [-0.25, -0.2) is 0 Å². The molecule has 0 fully saturated rings. The molecular formula is C17H28O. The number of hydrogen-bond donors (Lipinski definition) is 0. The van der Waals surface area contributed by atoms with Crippen LogP contribution in [0.3, 0.4) is 0 Å². The van der Waals surface area contributed by atoms with Crippen molar-refractivity contribution in [2.45, 2.75) is 72.1 Å². The first kappa shape index (κ1) is 15.2. The van der Waals surface area contributed by atoms with E-state index in [1.165, 1.54) is 18.4 Å². The second-order valence-electron chi connectivity index (χ2n) is 5.52. The van der Waals surface area contributed by atoms with Crippen molar-refractivity contribution in [2.75, 3.05) is 0 Å². The lowest BCUT2D eigenvalue weighted by Crippen LogP contribution is -2.18. The number of hydrogen-bond acceptors (Lipinski definition) is 1. The van der Waals surface area contributed by atoms with Crippen LogP contribution in [-0.4, -0.2) is 5.78 Å². The standard InChI is InChI=1S/C17H28O/c1-4-6-8-9-10-15-12-14(3)16(11-7-5-2)17(18)13-15/h6,8,15H,4-5,7,9-13H2,1-3H3/b8-6-. The Bertz CT molecular complexity index is 323. The number of ketones is 1. The van der Waals surface area contributed by atoms with Crippen LogP contribution >= 0.6 is 0 Å². The lowest BCUT2D eigenvalue weighted by Gasteiger charge is -2.24. The van der Waals surface area contributed by atoms with Crippen molar-refractivity contribution in [3.63, 3.8) is 0 Å². The third kappa shape index (κ3) is 4.80. The zero-order valence-corrected chi connectivity index (χ0v) is 12.3. The number of allylic oxidation sites excluding steroid dienone is 4. The van der Waals surface area contributed by atoms with Crippen molar-refractivity contribution in [3.8, 4) is 0 Å². The summed E-state index contributed by atoms with van der Waals surface area (Å²) < 4.78 is 0. The average Bonchev–Trinajstić information content (AvgIpc) is 2.34. The average molecular weight is 248 g/mol. The summed E-state index contributed by atoms with van der Waals surface area (Å²) in [7, 11) is 0. The monoisotopic (exact) mass is 248 g/mol. The third-order valence-corrected chi connectivity index (χ3v) is 3.84. The molecule has 0 aromatic heterocycles. The van der Waals surface area contributed by atoms with Gasteiger partial charge < -0.3 is 0 Å². The lowest BCUT2D eigenvalue weighted by atomic mass is 9.80. The van der Waals surface area contributed by atoms with E-state index in [1.807, 2.05) is 0 Å². The van der Waals surface area contributed by atoms with E-state index in [2.05, 4.69) is 32.9 Å². The molecule has 1 aliphatic rings. The van der Waals surface area contributed by atoms with Gasteiger partial charge in [0.25, 0.3) is 0 Å². The Balaban J connectivity index is 2.48. The van der Waals surface area contributed by atoms with Gasteiger partial charge in [0.1, 0.15) is 0 Å². The fourth-order valence-electron chi connectivity index (χ4n) is 2.78. The zero-order chi connectivity index (χ0) is 13.4. The molecule has 1 nitrogen and oxygen atoms in total. The maximum absolute atomic E-state index is 12.1. The Morgan fingerprint density at radius 1 is 1.22 bits per heavy atom. The first-order valence-corrected chi connectivity index (χ1v) is 7.55. The number of carbonyl (C=O) groups is 1. The molecule has 0 N–H and O–H groups in total. The molecule has 0 amide bonds. The minimum absolute atomic E-state index is 0.427. The second-order valence-corrected chi connectivity index (χ2v) is 5.52. The quantitative estimate of drug-likeness (QED) is 0.565. The summed E-state index contributed by atoms with van der Waals surface area (Å²) in [6.07, 6.45) is 13.2. The van der Waals surface area contributed by atoms with Crippen LogP contribution in [-0.2, 0) is 4.79 Å².